The Morgan fingerprint density at radius 3 is 2.75 bits per heavy atom. The summed E-state index contributed by atoms with van der Waals surface area (Å²) in [7, 11) is 0. The maximum atomic E-state index is 5.70. The lowest BCUT2D eigenvalue weighted by molar-refractivity contribution is 0.959. The van der Waals surface area contributed by atoms with Crippen LogP contribution in [0.15, 0.2) is 23.2 Å². The molecule has 2 rings (SSSR count). The molecule has 0 radical (unpaired) electrons. The first-order chi connectivity index (χ1) is 6.75. The number of benzene rings is 1. The number of hydrogen-bond acceptors (Lipinski definition) is 4. The first kappa shape index (κ1) is 14.9. The van der Waals surface area contributed by atoms with Gasteiger partial charge >= 0.3 is 0 Å². The summed E-state index contributed by atoms with van der Waals surface area (Å²) in [5.41, 5.74) is 8.64. The van der Waals surface area contributed by atoms with Gasteiger partial charge in [0.25, 0.3) is 0 Å². The Labute approximate surface area is 108 Å². The normalized spacial score (nSPS) is 12.9. The Morgan fingerprint density at radius 2 is 2.12 bits per heavy atom. The lowest BCUT2D eigenvalue weighted by Gasteiger charge is -2.09. The van der Waals surface area contributed by atoms with Gasteiger partial charge in [-0.3, -0.25) is 4.99 Å². The molecule has 1 aromatic carbocycles. The van der Waals surface area contributed by atoms with Crippen LogP contribution >= 0.6 is 24.8 Å². The first-order valence-corrected chi connectivity index (χ1v) is 4.67. The minimum absolute atomic E-state index is 0. The molecule has 0 aliphatic carbocycles. The van der Waals surface area contributed by atoms with Crippen LogP contribution in [-0.2, 0) is 0 Å². The molecule has 0 unspecified atom stereocenters. The second-order valence-electron chi connectivity index (χ2n) is 3.36. The Balaban J connectivity index is 0.00000112. The Morgan fingerprint density at radius 1 is 1.38 bits per heavy atom. The van der Waals surface area contributed by atoms with Gasteiger partial charge in [0.1, 0.15) is 0 Å². The molecule has 1 aliphatic rings. The lowest BCUT2D eigenvalue weighted by Crippen LogP contribution is -2.26. The van der Waals surface area contributed by atoms with E-state index in [1.165, 1.54) is 0 Å². The third-order valence-electron chi connectivity index (χ3n) is 2.19. The minimum atomic E-state index is 0. The number of aryl methyl sites for hydroxylation is 1. The van der Waals surface area contributed by atoms with Crippen LogP contribution in [0, 0.1) is 6.92 Å². The number of nitrogens with zero attached hydrogens (tertiary/aromatic N) is 1. The molecular formula is C10H16Cl2N4. The minimum Gasteiger partial charge on any atom is -0.399 e. The number of nitrogen functional groups attached to an aromatic ring is 1. The third-order valence-corrected chi connectivity index (χ3v) is 2.19. The Hall–Kier alpha value is -1.13. The van der Waals surface area contributed by atoms with Gasteiger partial charge in [-0.2, -0.15) is 0 Å². The maximum Gasteiger partial charge on any atom is 0.195 e. The van der Waals surface area contributed by atoms with Crippen molar-refractivity contribution in [3.63, 3.8) is 0 Å². The summed E-state index contributed by atoms with van der Waals surface area (Å²) in [6.45, 7) is 3.78. The van der Waals surface area contributed by atoms with Crippen LogP contribution in [0.1, 0.15) is 5.56 Å². The van der Waals surface area contributed by atoms with Crippen LogP contribution in [0.5, 0.6) is 0 Å². The lowest BCUT2D eigenvalue weighted by atomic mass is 10.2. The van der Waals surface area contributed by atoms with E-state index in [9.17, 15) is 0 Å². The highest BCUT2D eigenvalue weighted by Gasteiger charge is 2.06. The van der Waals surface area contributed by atoms with Crippen molar-refractivity contribution in [1.29, 1.82) is 0 Å². The third kappa shape index (κ3) is 3.47. The van der Waals surface area contributed by atoms with Gasteiger partial charge in [-0.05, 0) is 24.6 Å². The zero-order valence-corrected chi connectivity index (χ0v) is 10.6. The number of rotatable bonds is 1. The fourth-order valence-electron chi connectivity index (χ4n) is 1.38. The Bertz CT molecular complexity index is 379. The monoisotopic (exact) mass is 262 g/mol. The molecule has 0 fully saturated rings. The van der Waals surface area contributed by atoms with Crippen LogP contribution in [0.25, 0.3) is 0 Å². The molecule has 1 aromatic rings. The van der Waals surface area contributed by atoms with Gasteiger partial charge in [-0.15, -0.1) is 24.8 Å². The highest BCUT2D eigenvalue weighted by atomic mass is 35.5. The zero-order valence-electron chi connectivity index (χ0n) is 8.99. The molecule has 0 aromatic heterocycles. The van der Waals surface area contributed by atoms with Gasteiger partial charge in [-0.25, -0.2) is 0 Å². The van der Waals surface area contributed by atoms with Crippen molar-refractivity contribution in [3.8, 4) is 0 Å². The number of halogens is 2. The van der Waals surface area contributed by atoms with Crippen LogP contribution in [0.3, 0.4) is 0 Å². The molecule has 6 heteroatoms. The van der Waals surface area contributed by atoms with Gasteiger partial charge in [0, 0.05) is 17.9 Å². The van der Waals surface area contributed by atoms with E-state index in [1.54, 1.807) is 0 Å². The molecule has 1 aliphatic heterocycles. The molecule has 0 amide bonds. The fourth-order valence-corrected chi connectivity index (χ4v) is 1.38. The quantitative estimate of drug-likeness (QED) is 0.677. The zero-order chi connectivity index (χ0) is 9.97. The molecule has 4 nitrogen and oxygen atoms in total. The van der Waals surface area contributed by atoms with E-state index < -0.39 is 0 Å². The number of aliphatic imine (C=N–C) groups is 1. The summed E-state index contributed by atoms with van der Waals surface area (Å²) in [4.78, 5) is 4.26. The van der Waals surface area contributed by atoms with Crippen molar-refractivity contribution in [1.82, 2.24) is 5.32 Å². The van der Waals surface area contributed by atoms with Crippen molar-refractivity contribution in [2.45, 2.75) is 6.92 Å². The smallest absolute Gasteiger partial charge is 0.195 e. The van der Waals surface area contributed by atoms with Crippen LogP contribution < -0.4 is 16.4 Å². The molecule has 0 spiro atoms. The first-order valence-electron chi connectivity index (χ1n) is 4.67. The molecule has 16 heavy (non-hydrogen) atoms. The summed E-state index contributed by atoms with van der Waals surface area (Å²) in [6, 6.07) is 5.80. The van der Waals surface area contributed by atoms with Gasteiger partial charge in [-0.1, -0.05) is 6.07 Å². The van der Waals surface area contributed by atoms with Crippen molar-refractivity contribution in [2.75, 3.05) is 24.1 Å². The van der Waals surface area contributed by atoms with Gasteiger partial charge in [0.15, 0.2) is 5.96 Å². The van der Waals surface area contributed by atoms with Crippen LogP contribution in [0.2, 0.25) is 0 Å². The Kier molecular flexibility index (Phi) is 6.00. The summed E-state index contributed by atoms with van der Waals surface area (Å²) in [5.74, 6) is 0.832. The summed E-state index contributed by atoms with van der Waals surface area (Å²) < 4.78 is 0. The van der Waals surface area contributed by atoms with E-state index >= 15 is 0 Å². The number of nitrogens with two attached hydrogens (primary N) is 1. The highest BCUT2D eigenvalue weighted by Crippen LogP contribution is 2.17. The van der Waals surface area contributed by atoms with Crippen molar-refractivity contribution in [3.05, 3.63) is 23.8 Å². The van der Waals surface area contributed by atoms with Gasteiger partial charge in [0.05, 0.1) is 6.54 Å². The number of nitrogens with one attached hydrogen (secondary N) is 2. The molecule has 1 heterocycles. The van der Waals surface area contributed by atoms with E-state index in [2.05, 4.69) is 15.6 Å². The summed E-state index contributed by atoms with van der Waals surface area (Å²) in [5, 5.41) is 6.36. The molecule has 0 saturated heterocycles. The van der Waals surface area contributed by atoms with Crippen LogP contribution in [-0.4, -0.2) is 19.0 Å². The predicted octanol–water partition coefficient (Wildman–Crippen LogP) is 1.79. The van der Waals surface area contributed by atoms with E-state index in [0.717, 1.165) is 36.0 Å². The van der Waals surface area contributed by atoms with Crippen molar-refractivity contribution >= 4 is 42.1 Å². The van der Waals surface area contributed by atoms with E-state index in [-0.39, 0.29) is 24.8 Å². The van der Waals surface area contributed by atoms with E-state index in [4.69, 9.17) is 5.73 Å². The second-order valence-corrected chi connectivity index (χ2v) is 3.36. The number of guanidine groups is 1. The average Bonchev–Trinajstić information content (AvgIpc) is 2.64. The standard InChI is InChI=1S/C10H14N4.2ClH/c1-7-2-3-8(11)6-9(7)14-10-12-4-5-13-10;;/h2-3,6H,4-5,11H2,1H3,(H2,12,13,14);2*1H. The summed E-state index contributed by atoms with van der Waals surface area (Å²) >= 11 is 0. The fraction of sp³-hybridized carbons (Fsp3) is 0.300. The average molecular weight is 263 g/mol. The molecule has 0 saturated carbocycles. The van der Waals surface area contributed by atoms with E-state index in [0.29, 0.717) is 0 Å². The molecule has 90 valence electrons. The molecule has 0 bridgehead atoms. The van der Waals surface area contributed by atoms with Crippen molar-refractivity contribution in [2.24, 2.45) is 4.99 Å². The topological polar surface area (TPSA) is 62.4 Å². The van der Waals surface area contributed by atoms with Gasteiger partial charge in [0.2, 0.25) is 0 Å². The van der Waals surface area contributed by atoms with Gasteiger partial charge < -0.3 is 16.4 Å². The molecular weight excluding hydrogens is 247 g/mol. The van der Waals surface area contributed by atoms with Crippen molar-refractivity contribution < 1.29 is 0 Å². The number of anilines is 2. The largest absolute Gasteiger partial charge is 0.399 e. The SMILES string of the molecule is Cc1ccc(N)cc1NC1=NCCN1.Cl.Cl. The highest BCUT2D eigenvalue weighted by molar-refractivity contribution is 5.95. The summed E-state index contributed by atoms with van der Waals surface area (Å²) in [6.07, 6.45) is 0. The molecule has 0 atom stereocenters. The van der Waals surface area contributed by atoms with Crippen LogP contribution in [0.4, 0.5) is 11.4 Å². The van der Waals surface area contributed by atoms with E-state index in [1.807, 2.05) is 25.1 Å². The maximum absolute atomic E-state index is 5.70. The predicted molar refractivity (Wildman–Crippen MR) is 74.0 cm³/mol. The number of hydrogen-bond donors (Lipinski definition) is 3. The second kappa shape index (κ2) is 6.45. The molecule has 4 N–H and O–H groups in total.